The van der Waals surface area contributed by atoms with Gasteiger partial charge < -0.3 is 15.8 Å². The molecule has 0 aromatic heterocycles. The Bertz CT molecular complexity index is 1500. The van der Waals surface area contributed by atoms with Gasteiger partial charge in [-0.15, -0.1) is 0 Å². The van der Waals surface area contributed by atoms with Gasteiger partial charge in [0.2, 0.25) is 0 Å². The summed E-state index contributed by atoms with van der Waals surface area (Å²) >= 11 is 0. The van der Waals surface area contributed by atoms with Gasteiger partial charge in [0, 0.05) is 11.3 Å². The molecule has 13 heteroatoms. The summed E-state index contributed by atoms with van der Waals surface area (Å²) in [5, 5.41) is 11.3. The van der Waals surface area contributed by atoms with E-state index < -0.39 is 69.3 Å². The number of halogens is 6. The van der Waals surface area contributed by atoms with Gasteiger partial charge in [-0.3, -0.25) is 20.3 Å². The smallest absolute Gasteiger partial charge is 0.416 e. The third kappa shape index (κ3) is 5.97. The molecule has 4 rings (SSSR count). The number of carbonyl (C=O) groups is 2. The van der Waals surface area contributed by atoms with Crippen molar-refractivity contribution in [2.75, 3.05) is 5.32 Å². The van der Waals surface area contributed by atoms with Crippen LogP contribution in [0.4, 0.5) is 32.0 Å². The molecule has 0 heterocycles. The van der Waals surface area contributed by atoms with Crippen LogP contribution in [0.1, 0.15) is 50.2 Å². The fourth-order valence-electron chi connectivity index (χ4n) is 3.84. The summed E-state index contributed by atoms with van der Waals surface area (Å²) in [6, 6.07) is 7.31. The fourth-order valence-corrected chi connectivity index (χ4v) is 3.84. The van der Waals surface area contributed by atoms with E-state index in [2.05, 4.69) is 5.32 Å². The first-order chi connectivity index (χ1) is 18.2. The maximum Gasteiger partial charge on any atom is 0.416 e. The van der Waals surface area contributed by atoms with Crippen molar-refractivity contribution in [2.45, 2.75) is 31.6 Å². The minimum Gasteiger partial charge on any atom is -0.456 e. The molecule has 3 aromatic rings. The molecule has 0 aliphatic heterocycles. The van der Waals surface area contributed by atoms with Gasteiger partial charge in [-0.25, -0.2) is 13.2 Å². The summed E-state index contributed by atoms with van der Waals surface area (Å²) in [5.41, 5.74) is -0.313. The molecule has 0 atom stereocenters. The number of hydrogen-bond donors (Lipinski definition) is 4. The first-order valence-corrected chi connectivity index (χ1v) is 11.3. The molecular formula is C26H20F6N4O3. The summed E-state index contributed by atoms with van der Waals surface area (Å²) in [6.45, 7) is 1.43. The van der Waals surface area contributed by atoms with E-state index in [0.717, 1.165) is 42.5 Å². The maximum atomic E-state index is 15.0. The van der Waals surface area contributed by atoms with Gasteiger partial charge in [0.25, 0.3) is 11.8 Å². The lowest BCUT2D eigenvalue weighted by Crippen LogP contribution is -2.36. The predicted molar refractivity (Wildman–Crippen MR) is 128 cm³/mol. The molecule has 1 aliphatic carbocycles. The van der Waals surface area contributed by atoms with E-state index in [9.17, 15) is 31.5 Å². The Labute approximate surface area is 217 Å². The van der Waals surface area contributed by atoms with Crippen LogP contribution in [-0.4, -0.2) is 17.8 Å². The second-order valence-corrected chi connectivity index (χ2v) is 8.89. The number of benzene rings is 3. The molecule has 2 amide bonds. The number of alkyl halides is 4. The number of ether oxygens (including phenoxy) is 1. The average molecular weight is 550 g/mol. The molecule has 5 N–H and O–H groups in total. The highest BCUT2D eigenvalue weighted by molar-refractivity contribution is 6.08. The highest BCUT2D eigenvalue weighted by atomic mass is 19.4. The second-order valence-electron chi connectivity index (χ2n) is 8.89. The van der Waals surface area contributed by atoms with Crippen LogP contribution in [0.2, 0.25) is 0 Å². The molecule has 7 nitrogen and oxygen atoms in total. The van der Waals surface area contributed by atoms with Crippen molar-refractivity contribution in [1.82, 2.24) is 5.32 Å². The van der Waals surface area contributed by atoms with Crippen molar-refractivity contribution in [3.63, 3.8) is 0 Å². The Morgan fingerprint density at radius 2 is 1.67 bits per heavy atom. The SMILES string of the molecule is Cc1cc(F)ccc1Oc1cc(C(F)(F)F)c(C2(F)CC2)cc1C(=O)Nc1ccc(F)c(C(=O)NC(=N)N)c1. The van der Waals surface area contributed by atoms with Crippen LogP contribution in [-0.2, 0) is 11.8 Å². The monoisotopic (exact) mass is 550 g/mol. The molecule has 39 heavy (non-hydrogen) atoms. The average Bonchev–Trinajstić information content (AvgIpc) is 3.59. The first kappa shape index (κ1) is 27.5. The third-order valence-electron chi connectivity index (χ3n) is 5.92. The lowest BCUT2D eigenvalue weighted by atomic mass is 9.96. The minimum atomic E-state index is -4.99. The van der Waals surface area contributed by atoms with E-state index in [1.54, 1.807) is 0 Å². The number of nitrogens with two attached hydrogens (primary N) is 1. The van der Waals surface area contributed by atoms with Crippen molar-refractivity contribution >= 4 is 23.5 Å². The normalized spacial score (nSPS) is 13.9. The number of aryl methyl sites for hydroxylation is 1. The van der Waals surface area contributed by atoms with Gasteiger partial charge >= 0.3 is 6.18 Å². The quantitative estimate of drug-likeness (QED) is 0.173. The third-order valence-corrected chi connectivity index (χ3v) is 5.92. The summed E-state index contributed by atoms with van der Waals surface area (Å²) in [4.78, 5) is 25.4. The molecule has 1 aliphatic rings. The number of nitrogens with one attached hydrogen (secondary N) is 3. The molecule has 0 saturated heterocycles. The van der Waals surface area contributed by atoms with Crippen LogP contribution in [0.15, 0.2) is 48.5 Å². The van der Waals surface area contributed by atoms with Gasteiger partial charge in [-0.1, -0.05) is 0 Å². The van der Waals surface area contributed by atoms with Crippen molar-refractivity contribution in [3.8, 4) is 11.5 Å². The molecule has 0 bridgehead atoms. The summed E-state index contributed by atoms with van der Waals surface area (Å²) in [5.74, 6) is -5.20. The van der Waals surface area contributed by atoms with Crippen LogP contribution in [0.3, 0.4) is 0 Å². The lowest BCUT2D eigenvalue weighted by Gasteiger charge is -2.20. The van der Waals surface area contributed by atoms with E-state index in [4.69, 9.17) is 15.9 Å². The van der Waals surface area contributed by atoms with E-state index in [0.29, 0.717) is 6.07 Å². The topological polar surface area (TPSA) is 117 Å². The highest BCUT2D eigenvalue weighted by Crippen LogP contribution is 2.54. The number of guanidine groups is 1. The van der Waals surface area contributed by atoms with E-state index in [-0.39, 0.29) is 29.8 Å². The number of anilines is 1. The van der Waals surface area contributed by atoms with Crippen LogP contribution >= 0.6 is 0 Å². The molecule has 0 unspecified atom stereocenters. The van der Waals surface area contributed by atoms with Gasteiger partial charge in [0.15, 0.2) is 5.96 Å². The molecule has 0 radical (unpaired) electrons. The van der Waals surface area contributed by atoms with Crippen molar-refractivity contribution in [2.24, 2.45) is 5.73 Å². The highest BCUT2D eigenvalue weighted by Gasteiger charge is 2.51. The summed E-state index contributed by atoms with van der Waals surface area (Å²) in [7, 11) is 0. The lowest BCUT2D eigenvalue weighted by molar-refractivity contribution is -0.139. The standard InChI is InChI=1S/C26H20F6N4O3/c1-12-8-13(27)2-5-20(12)39-21-11-18(26(30,31)32)17(25(29)6-7-25)10-16(21)23(38)35-14-3-4-19(28)15(9-14)22(37)36-24(33)34/h2-5,8-11H,6-7H2,1H3,(H,35,38)(H4,33,34,36,37). The molecule has 0 spiro atoms. The number of rotatable bonds is 6. The van der Waals surface area contributed by atoms with Crippen molar-refractivity contribution in [3.05, 3.63) is 88.0 Å². The van der Waals surface area contributed by atoms with Gasteiger partial charge in [-0.2, -0.15) is 13.2 Å². The van der Waals surface area contributed by atoms with Crippen LogP contribution in [0.5, 0.6) is 11.5 Å². The summed E-state index contributed by atoms with van der Waals surface area (Å²) < 4.78 is 90.1. The van der Waals surface area contributed by atoms with Crippen molar-refractivity contribution in [1.29, 1.82) is 5.41 Å². The molecule has 1 saturated carbocycles. The Kier molecular flexibility index (Phi) is 7.02. The molecule has 204 valence electrons. The van der Waals surface area contributed by atoms with E-state index in [1.807, 2.05) is 5.32 Å². The summed E-state index contributed by atoms with van der Waals surface area (Å²) in [6.07, 6.45) is -5.35. The predicted octanol–water partition coefficient (Wildman–Crippen LogP) is 5.92. The largest absolute Gasteiger partial charge is 0.456 e. The zero-order chi connectivity index (χ0) is 28.7. The Balaban J connectivity index is 1.79. The zero-order valence-electron chi connectivity index (χ0n) is 20.1. The fraction of sp³-hybridized carbons (Fsp3) is 0.192. The minimum absolute atomic E-state index is 0.0577. The van der Waals surface area contributed by atoms with Crippen LogP contribution in [0, 0.1) is 24.0 Å². The van der Waals surface area contributed by atoms with Gasteiger partial charge in [-0.05, 0) is 73.9 Å². The van der Waals surface area contributed by atoms with Crippen molar-refractivity contribution < 1.29 is 40.7 Å². The van der Waals surface area contributed by atoms with Crippen LogP contribution in [0.25, 0.3) is 0 Å². The zero-order valence-corrected chi connectivity index (χ0v) is 20.1. The molecular weight excluding hydrogens is 530 g/mol. The van der Waals surface area contributed by atoms with E-state index >= 15 is 4.39 Å². The maximum absolute atomic E-state index is 15.0. The van der Waals surface area contributed by atoms with Crippen LogP contribution < -0.4 is 21.1 Å². The molecule has 1 fully saturated rings. The number of amides is 2. The Morgan fingerprint density at radius 1 is 0.974 bits per heavy atom. The van der Waals surface area contributed by atoms with Gasteiger partial charge in [0.05, 0.1) is 16.7 Å². The number of hydrogen-bond acceptors (Lipinski definition) is 4. The van der Waals surface area contributed by atoms with Gasteiger partial charge in [0.1, 0.15) is 28.8 Å². The number of carbonyl (C=O) groups excluding carboxylic acids is 2. The molecule has 3 aromatic carbocycles. The Hall–Kier alpha value is -4.55. The van der Waals surface area contributed by atoms with E-state index in [1.165, 1.54) is 6.92 Å². The first-order valence-electron chi connectivity index (χ1n) is 11.3. The second kappa shape index (κ2) is 9.97. The Morgan fingerprint density at radius 3 is 2.26 bits per heavy atom.